The molecule has 0 aliphatic heterocycles. The molecule has 1 saturated carbocycles. The highest BCUT2D eigenvalue weighted by atomic mass is 16.2. The number of carbonyl (C=O) groups is 1. The Kier molecular flexibility index (Phi) is 3.86. The fourth-order valence-electron chi connectivity index (χ4n) is 2.80. The maximum Gasteiger partial charge on any atom is 0.251 e. The summed E-state index contributed by atoms with van der Waals surface area (Å²) < 4.78 is 0. The lowest BCUT2D eigenvalue weighted by molar-refractivity contribution is 0.0943. The van der Waals surface area contributed by atoms with E-state index in [0.29, 0.717) is 5.56 Å². The molecule has 2 rings (SSSR count). The van der Waals surface area contributed by atoms with Crippen LogP contribution in [0.4, 0.5) is 0 Å². The Labute approximate surface area is 126 Å². The molecule has 0 atom stereocenters. The average Bonchev–Trinajstić information content (AvgIpc) is 2.80. The molecular formula is C18H23NO2. The molecule has 3 nitrogen and oxygen atoms in total. The van der Waals surface area contributed by atoms with Gasteiger partial charge in [-0.25, -0.2) is 0 Å². The fraction of sp³-hybridized carbons (Fsp3) is 0.500. The van der Waals surface area contributed by atoms with Crippen molar-refractivity contribution in [2.24, 2.45) is 10.8 Å². The number of nitrogens with one attached hydrogen (secondary N) is 1. The summed E-state index contributed by atoms with van der Waals surface area (Å²) in [7, 11) is 0. The average molecular weight is 285 g/mol. The van der Waals surface area contributed by atoms with Crippen molar-refractivity contribution < 1.29 is 9.90 Å². The van der Waals surface area contributed by atoms with Crippen LogP contribution < -0.4 is 5.32 Å². The quantitative estimate of drug-likeness (QED) is 0.820. The van der Waals surface area contributed by atoms with Gasteiger partial charge in [0.25, 0.3) is 5.91 Å². The number of benzene rings is 1. The molecule has 1 aliphatic carbocycles. The van der Waals surface area contributed by atoms with Crippen molar-refractivity contribution in [3.63, 3.8) is 0 Å². The van der Waals surface area contributed by atoms with Crippen LogP contribution in [0.25, 0.3) is 0 Å². The van der Waals surface area contributed by atoms with Gasteiger partial charge >= 0.3 is 0 Å². The highest BCUT2D eigenvalue weighted by molar-refractivity contribution is 5.95. The van der Waals surface area contributed by atoms with Gasteiger partial charge in [-0.05, 0) is 35.4 Å². The van der Waals surface area contributed by atoms with Gasteiger partial charge in [-0.3, -0.25) is 4.79 Å². The van der Waals surface area contributed by atoms with Crippen molar-refractivity contribution in [3.05, 3.63) is 34.9 Å². The minimum absolute atomic E-state index is 0.0642. The van der Waals surface area contributed by atoms with Crippen LogP contribution in [0, 0.1) is 29.6 Å². The van der Waals surface area contributed by atoms with Crippen molar-refractivity contribution in [2.45, 2.75) is 40.7 Å². The number of hydrogen-bond acceptors (Lipinski definition) is 2. The summed E-state index contributed by atoms with van der Waals surface area (Å²) in [6, 6.07) is 5.68. The summed E-state index contributed by atoms with van der Waals surface area (Å²) in [6.45, 7) is 10.4. The molecule has 0 heterocycles. The minimum atomic E-state index is -0.180. The highest BCUT2D eigenvalue weighted by Gasteiger charge is 2.65. The zero-order valence-electron chi connectivity index (χ0n) is 13.4. The van der Waals surface area contributed by atoms with Crippen molar-refractivity contribution in [1.82, 2.24) is 5.32 Å². The SMILES string of the molecule is Cc1ccc(C(=O)NC2C(C)(C)C2(C)C)cc1C#CCO. The van der Waals surface area contributed by atoms with Gasteiger partial charge in [-0.1, -0.05) is 45.6 Å². The molecule has 1 amide bonds. The number of carbonyl (C=O) groups excluding carboxylic acids is 1. The van der Waals surface area contributed by atoms with Crippen molar-refractivity contribution >= 4 is 5.91 Å². The van der Waals surface area contributed by atoms with E-state index in [4.69, 9.17) is 5.11 Å². The highest BCUT2D eigenvalue weighted by Crippen LogP contribution is 2.62. The Morgan fingerprint density at radius 1 is 1.29 bits per heavy atom. The van der Waals surface area contributed by atoms with Crippen molar-refractivity contribution in [3.8, 4) is 11.8 Å². The van der Waals surface area contributed by atoms with Gasteiger partial charge < -0.3 is 10.4 Å². The first-order valence-electron chi connectivity index (χ1n) is 7.23. The van der Waals surface area contributed by atoms with Crippen LogP contribution in [-0.4, -0.2) is 23.7 Å². The molecule has 0 radical (unpaired) electrons. The monoisotopic (exact) mass is 285 g/mol. The number of rotatable bonds is 2. The molecule has 0 saturated heterocycles. The summed E-state index contributed by atoms with van der Waals surface area (Å²) in [5.74, 6) is 5.44. The lowest BCUT2D eigenvalue weighted by Crippen LogP contribution is -2.29. The molecule has 0 spiro atoms. The Balaban J connectivity index is 2.18. The van der Waals surface area contributed by atoms with E-state index in [2.05, 4.69) is 44.9 Å². The number of hydrogen-bond donors (Lipinski definition) is 2. The Bertz CT molecular complexity index is 618. The molecule has 1 aromatic carbocycles. The second-order valence-corrected chi connectivity index (χ2v) is 6.84. The van der Waals surface area contributed by atoms with E-state index in [9.17, 15) is 4.79 Å². The maximum atomic E-state index is 12.4. The molecule has 112 valence electrons. The zero-order valence-corrected chi connectivity index (χ0v) is 13.4. The van der Waals surface area contributed by atoms with Gasteiger partial charge in [0.05, 0.1) is 0 Å². The lowest BCUT2D eigenvalue weighted by Gasteiger charge is -2.08. The summed E-state index contributed by atoms with van der Waals surface area (Å²) in [5, 5.41) is 11.9. The van der Waals surface area contributed by atoms with E-state index in [0.717, 1.165) is 11.1 Å². The first-order valence-corrected chi connectivity index (χ1v) is 7.23. The molecule has 0 aromatic heterocycles. The Morgan fingerprint density at radius 2 is 1.90 bits per heavy atom. The van der Waals surface area contributed by atoms with Gasteiger partial charge in [-0.15, -0.1) is 0 Å². The third-order valence-electron chi connectivity index (χ3n) is 5.10. The topological polar surface area (TPSA) is 49.3 Å². The van der Waals surface area contributed by atoms with Crippen LogP contribution in [-0.2, 0) is 0 Å². The summed E-state index contributed by atoms with van der Waals surface area (Å²) >= 11 is 0. The fourth-order valence-corrected chi connectivity index (χ4v) is 2.80. The van der Waals surface area contributed by atoms with Crippen LogP contribution in [0.2, 0.25) is 0 Å². The second-order valence-electron chi connectivity index (χ2n) is 6.84. The van der Waals surface area contributed by atoms with E-state index < -0.39 is 0 Å². The van der Waals surface area contributed by atoms with Gasteiger partial charge in [0, 0.05) is 17.2 Å². The van der Waals surface area contributed by atoms with Crippen molar-refractivity contribution in [1.29, 1.82) is 0 Å². The molecule has 1 fully saturated rings. The minimum Gasteiger partial charge on any atom is -0.384 e. The smallest absolute Gasteiger partial charge is 0.251 e. The Morgan fingerprint density at radius 3 is 2.43 bits per heavy atom. The molecule has 0 unspecified atom stereocenters. The molecule has 1 aliphatic rings. The third-order valence-corrected chi connectivity index (χ3v) is 5.10. The summed E-state index contributed by atoms with van der Waals surface area (Å²) in [4.78, 5) is 12.4. The van der Waals surface area contributed by atoms with Crippen LogP contribution >= 0.6 is 0 Å². The Hall–Kier alpha value is -1.79. The molecule has 21 heavy (non-hydrogen) atoms. The van der Waals surface area contributed by atoms with Crippen LogP contribution in [0.1, 0.15) is 49.2 Å². The van der Waals surface area contributed by atoms with E-state index in [1.165, 1.54) is 0 Å². The first-order chi connectivity index (χ1) is 9.71. The molecular weight excluding hydrogens is 262 g/mol. The normalized spacial score (nSPS) is 18.6. The lowest BCUT2D eigenvalue weighted by atomic mass is 10.0. The van der Waals surface area contributed by atoms with Gasteiger partial charge in [0.15, 0.2) is 0 Å². The van der Waals surface area contributed by atoms with E-state index in [1.807, 2.05) is 19.1 Å². The standard InChI is InChI=1S/C18H23NO2/c1-12-8-9-14(11-13(12)7-6-10-20)15(21)19-16-17(2,3)18(16,4)5/h8-9,11,16,20H,10H2,1-5H3,(H,19,21). The van der Waals surface area contributed by atoms with Crippen LogP contribution in [0.5, 0.6) is 0 Å². The number of aliphatic hydroxyl groups excluding tert-OH is 1. The van der Waals surface area contributed by atoms with E-state index in [-0.39, 0.29) is 29.4 Å². The number of aliphatic hydroxyl groups is 1. The predicted molar refractivity (Wildman–Crippen MR) is 84.0 cm³/mol. The zero-order chi connectivity index (χ0) is 15.8. The molecule has 3 heteroatoms. The van der Waals surface area contributed by atoms with Crippen LogP contribution in [0.15, 0.2) is 18.2 Å². The first kappa shape index (κ1) is 15.6. The van der Waals surface area contributed by atoms with Gasteiger partial charge in [0.1, 0.15) is 6.61 Å². The molecule has 2 N–H and O–H groups in total. The number of aryl methyl sites for hydroxylation is 1. The summed E-state index contributed by atoms with van der Waals surface area (Å²) in [5.41, 5.74) is 2.63. The van der Waals surface area contributed by atoms with E-state index >= 15 is 0 Å². The molecule has 0 bridgehead atoms. The predicted octanol–water partition coefficient (Wildman–Crippen LogP) is 2.50. The van der Waals surface area contributed by atoms with E-state index in [1.54, 1.807) is 6.07 Å². The van der Waals surface area contributed by atoms with Crippen molar-refractivity contribution in [2.75, 3.05) is 6.61 Å². The molecule has 1 aromatic rings. The number of amides is 1. The second kappa shape index (κ2) is 5.20. The maximum absolute atomic E-state index is 12.4. The summed E-state index contributed by atoms with van der Waals surface area (Å²) in [6.07, 6.45) is 0. The van der Waals surface area contributed by atoms with Crippen LogP contribution in [0.3, 0.4) is 0 Å². The largest absolute Gasteiger partial charge is 0.384 e. The van der Waals surface area contributed by atoms with Gasteiger partial charge in [0.2, 0.25) is 0 Å². The third kappa shape index (κ3) is 2.69. The van der Waals surface area contributed by atoms with Gasteiger partial charge in [-0.2, -0.15) is 0 Å².